The second kappa shape index (κ2) is 4.90. The molecule has 6 nitrogen and oxygen atoms in total. The molecule has 2 rings (SSSR count). The topological polar surface area (TPSA) is 72.9 Å². The zero-order valence-electron chi connectivity index (χ0n) is 9.19. The van der Waals surface area contributed by atoms with E-state index in [0.29, 0.717) is 13.0 Å². The maximum absolute atomic E-state index is 11.5. The van der Waals surface area contributed by atoms with E-state index >= 15 is 0 Å². The summed E-state index contributed by atoms with van der Waals surface area (Å²) in [5.74, 6) is -0.339. The van der Waals surface area contributed by atoms with E-state index in [0.717, 1.165) is 26.2 Å². The second-order valence-corrected chi connectivity index (χ2v) is 4.23. The number of nitrogens with one attached hydrogen (secondary N) is 1. The van der Waals surface area contributed by atoms with Crippen molar-refractivity contribution in [3.63, 3.8) is 0 Å². The minimum atomic E-state index is -0.274. The number of rotatable bonds is 3. The van der Waals surface area contributed by atoms with Crippen LogP contribution in [0.5, 0.6) is 0 Å². The summed E-state index contributed by atoms with van der Waals surface area (Å²) in [4.78, 5) is 26.7. The van der Waals surface area contributed by atoms with Crippen LogP contribution in [0.25, 0.3) is 0 Å². The van der Waals surface area contributed by atoms with Crippen LogP contribution in [-0.2, 0) is 9.59 Å². The maximum Gasteiger partial charge on any atom is 0.244 e. The van der Waals surface area contributed by atoms with Gasteiger partial charge in [-0.15, -0.1) is 0 Å². The third-order valence-corrected chi connectivity index (χ3v) is 3.21. The van der Waals surface area contributed by atoms with Gasteiger partial charge in [-0.3, -0.25) is 24.7 Å². The fourth-order valence-electron chi connectivity index (χ4n) is 2.28. The number of aliphatic hydroxyl groups excluding tert-OH is 1. The summed E-state index contributed by atoms with van der Waals surface area (Å²) >= 11 is 0. The Morgan fingerprint density at radius 2 is 1.94 bits per heavy atom. The van der Waals surface area contributed by atoms with Crippen molar-refractivity contribution in [2.45, 2.75) is 12.5 Å². The Labute approximate surface area is 94.2 Å². The van der Waals surface area contributed by atoms with E-state index in [1.165, 1.54) is 0 Å². The minimum absolute atomic E-state index is 0.166. The Bertz CT molecular complexity index is 287. The van der Waals surface area contributed by atoms with Crippen molar-refractivity contribution in [3.8, 4) is 0 Å². The number of imide groups is 1. The highest BCUT2D eigenvalue weighted by Crippen LogP contribution is 2.13. The van der Waals surface area contributed by atoms with Crippen molar-refractivity contribution >= 4 is 11.8 Å². The largest absolute Gasteiger partial charge is 0.395 e. The summed E-state index contributed by atoms with van der Waals surface area (Å²) < 4.78 is 0. The van der Waals surface area contributed by atoms with Gasteiger partial charge < -0.3 is 5.11 Å². The third kappa shape index (κ3) is 2.40. The van der Waals surface area contributed by atoms with Crippen LogP contribution in [0.1, 0.15) is 6.42 Å². The van der Waals surface area contributed by atoms with Crippen LogP contribution in [-0.4, -0.2) is 72.1 Å². The average Bonchev–Trinajstić information content (AvgIpc) is 2.59. The van der Waals surface area contributed by atoms with Gasteiger partial charge in [-0.2, -0.15) is 0 Å². The van der Waals surface area contributed by atoms with Gasteiger partial charge in [-0.1, -0.05) is 0 Å². The van der Waals surface area contributed by atoms with Crippen LogP contribution < -0.4 is 5.32 Å². The third-order valence-electron chi connectivity index (χ3n) is 3.21. The lowest BCUT2D eigenvalue weighted by atomic mass is 10.2. The number of nitrogens with zero attached hydrogens (tertiary/aromatic N) is 2. The fourth-order valence-corrected chi connectivity index (χ4v) is 2.28. The Hall–Kier alpha value is -0.980. The van der Waals surface area contributed by atoms with Crippen molar-refractivity contribution in [2.75, 3.05) is 39.3 Å². The number of hydrogen-bond acceptors (Lipinski definition) is 5. The number of β-amino-alcohol motifs (C(OH)–C–C–N with tert-alkyl or cyclic N) is 1. The number of piperazine rings is 1. The quantitative estimate of drug-likeness (QED) is 0.546. The van der Waals surface area contributed by atoms with E-state index < -0.39 is 0 Å². The van der Waals surface area contributed by atoms with Crippen LogP contribution in [0.4, 0.5) is 0 Å². The molecule has 0 spiro atoms. The van der Waals surface area contributed by atoms with Gasteiger partial charge >= 0.3 is 0 Å². The minimum Gasteiger partial charge on any atom is -0.395 e. The molecule has 0 aliphatic carbocycles. The molecular weight excluding hydrogens is 210 g/mol. The molecule has 2 heterocycles. The standard InChI is InChI=1S/C10H17N3O3/c14-6-5-12-1-3-13(4-2-12)8-7-9(15)11-10(8)16/h8,14H,1-7H2,(H,11,15,16)/t8-/m1/s1. The maximum atomic E-state index is 11.5. The first kappa shape index (κ1) is 11.5. The zero-order chi connectivity index (χ0) is 11.5. The zero-order valence-corrected chi connectivity index (χ0v) is 9.19. The molecule has 16 heavy (non-hydrogen) atoms. The molecule has 2 aliphatic rings. The molecular formula is C10H17N3O3. The van der Waals surface area contributed by atoms with Gasteiger partial charge in [0.1, 0.15) is 0 Å². The van der Waals surface area contributed by atoms with Gasteiger partial charge in [-0.25, -0.2) is 0 Å². The summed E-state index contributed by atoms with van der Waals surface area (Å²) in [7, 11) is 0. The van der Waals surface area contributed by atoms with Gasteiger partial charge in [0, 0.05) is 32.7 Å². The monoisotopic (exact) mass is 227 g/mol. The van der Waals surface area contributed by atoms with Crippen LogP contribution in [0, 0.1) is 0 Å². The van der Waals surface area contributed by atoms with Crippen LogP contribution in [0.2, 0.25) is 0 Å². The first-order valence-electron chi connectivity index (χ1n) is 5.61. The molecule has 0 saturated carbocycles. The number of carbonyl (C=O) groups excluding carboxylic acids is 2. The molecule has 6 heteroatoms. The molecule has 2 amide bonds. The summed E-state index contributed by atoms with van der Waals surface area (Å²) in [6, 6.07) is -0.274. The second-order valence-electron chi connectivity index (χ2n) is 4.23. The van der Waals surface area contributed by atoms with Crippen molar-refractivity contribution < 1.29 is 14.7 Å². The Morgan fingerprint density at radius 1 is 1.25 bits per heavy atom. The Morgan fingerprint density at radius 3 is 2.44 bits per heavy atom. The predicted molar refractivity (Wildman–Crippen MR) is 56.7 cm³/mol. The summed E-state index contributed by atoms with van der Waals surface area (Å²) in [5.41, 5.74) is 0. The molecule has 0 aromatic rings. The van der Waals surface area contributed by atoms with E-state index in [-0.39, 0.29) is 24.5 Å². The van der Waals surface area contributed by atoms with Gasteiger partial charge in [0.05, 0.1) is 19.1 Å². The van der Waals surface area contributed by atoms with Gasteiger partial charge in [0.15, 0.2) is 0 Å². The summed E-state index contributed by atoms with van der Waals surface area (Å²) in [6.45, 7) is 4.11. The molecule has 2 aliphatic heterocycles. The van der Waals surface area contributed by atoms with Gasteiger partial charge in [0.25, 0.3) is 0 Å². The molecule has 2 saturated heterocycles. The Balaban J connectivity index is 1.85. The molecule has 1 atom stereocenters. The van der Waals surface area contributed by atoms with E-state index in [1.807, 2.05) is 4.90 Å². The Kier molecular flexibility index (Phi) is 3.52. The predicted octanol–water partition coefficient (Wildman–Crippen LogP) is -1.99. The first-order chi connectivity index (χ1) is 7.70. The van der Waals surface area contributed by atoms with E-state index in [2.05, 4.69) is 10.2 Å². The average molecular weight is 227 g/mol. The van der Waals surface area contributed by atoms with Gasteiger partial charge in [-0.05, 0) is 0 Å². The number of aliphatic hydroxyl groups is 1. The molecule has 0 bridgehead atoms. The highest BCUT2D eigenvalue weighted by Gasteiger charge is 2.36. The van der Waals surface area contributed by atoms with Crippen LogP contribution in [0.15, 0.2) is 0 Å². The molecule has 0 radical (unpaired) electrons. The van der Waals surface area contributed by atoms with Crippen molar-refractivity contribution in [3.05, 3.63) is 0 Å². The van der Waals surface area contributed by atoms with Crippen molar-refractivity contribution in [1.82, 2.24) is 15.1 Å². The highest BCUT2D eigenvalue weighted by atomic mass is 16.3. The molecule has 0 aromatic heterocycles. The lowest BCUT2D eigenvalue weighted by molar-refractivity contribution is -0.126. The lowest BCUT2D eigenvalue weighted by Gasteiger charge is -2.36. The summed E-state index contributed by atoms with van der Waals surface area (Å²) in [5, 5.41) is 11.1. The van der Waals surface area contributed by atoms with Crippen LogP contribution >= 0.6 is 0 Å². The first-order valence-corrected chi connectivity index (χ1v) is 5.61. The number of carbonyl (C=O) groups is 2. The molecule has 0 aromatic carbocycles. The van der Waals surface area contributed by atoms with Crippen molar-refractivity contribution in [2.24, 2.45) is 0 Å². The van der Waals surface area contributed by atoms with Crippen LogP contribution in [0.3, 0.4) is 0 Å². The number of amides is 2. The van der Waals surface area contributed by atoms with E-state index in [4.69, 9.17) is 5.11 Å². The molecule has 2 fully saturated rings. The summed E-state index contributed by atoms with van der Waals surface area (Å²) in [6.07, 6.45) is 0.291. The normalized spacial score (nSPS) is 28.4. The lowest BCUT2D eigenvalue weighted by Crippen LogP contribution is -2.52. The van der Waals surface area contributed by atoms with Gasteiger partial charge in [0.2, 0.25) is 11.8 Å². The molecule has 0 unspecified atom stereocenters. The SMILES string of the molecule is O=C1C[C@@H](N2CCN(CCO)CC2)C(=O)N1. The number of hydrogen-bond donors (Lipinski definition) is 2. The fraction of sp³-hybridized carbons (Fsp3) is 0.800. The molecule has 90 valence electrons. The highest BCUT2D eigenvalue weighted by molar-refractivity contribution is 6.05. The van der Waals surface area contributed by atoms with E-state index in [1.54, 1.807) is 0 Å². The molecule has 2 N–H and O–H groups in total. The smallest absolute Gasteiger partial charge is 0.244 e. The van der Waals surface area contributed by atoms with Crippen molar-refractivity contribution in [1.29, 1.82) is 0 Å². The van der Waals surface area contributed by atoms with E-state index in [9.17, 15) is 9.59 Å².